The van der Waals surface area contributed by atoms with Gasteiger partial charge in [-0.3, -0.25) is 4.90 Å². The summed E-state index contributed by atoms with van der Waals surface area (Å²) in [5, 5.41) is 3.42. The second kappa shape index (κ2) is 12.0. The predicted octanol–water partition coefficient (Wildman–Crippen LogP) is 4.63. The van der Waals surface area contributed by atoms with E-state index in [4.69, 9.17) is 4.74 Å². The van der Waals surface area contributed by atoms with Crippen LogP contribution in [0.2, 0.25) is 0 Å². The summed E-state index contributed by atoms with van der Waals surface area (Å²) in [6, 6.07) is 19.2. The molecule has 1 saturated heterocycles. The molecule has 3 rings (SSSR count). The van der Waals surface area contributed by atoms with Crippen molar-refractivity contribution in [3.05, 3.63) is 78.4 Å². The Morgan fingerprint density at radius 3 is 2.27 bits per heavy atom. The number of benzene rings is 2. The number of hydrogen-bond donors (Lipinski definition) is 1. The second-order valence-electron chi connectivity index (χ2n) is 6.17. The van der Waals surface area contributed by atoms with Crippen LogP contribution in [0.25, 0.3) is 0 Å². The first-order valence-corrected chi connectivity index (χ1v) is 8.69. The van der Waals surface area contributed by atoms with Gasteiger partial charge in [-0.2, -0.15) is 0 Å². The van der Waals surface area contributed by atoms with Crippen LogP contribution >= 0.6 is 24.8 Å². The van der Waals surface area contributed by atoms with Gasteiger partial charge in [-0.1, -0.05) is 48.5 Å². The van der Waals surface area contributed by atoms with Crippen molar-refractivity contribution < 1.29 is 4.74 Å². The van der Waals surface area contributed by atoms with Gasteiger partial charge in [-0.15, -0.1) is 31.4 Å². The molecule has 0 aliphatic carbocycles. The van der Waals surface area contributed by atoms with Gasteiger partial charge in [0.25, 0.3) is 0 Å². The first kappa shape index (κ1) is 22.5. The lowest BCUT2D eigenvalue weighted by Crippen LogP contribution is -2.45. The molecule has 0 amide bonds. The van der Waals surface area contributed by atoms with Crippen molar-refractivity contribution in [3.63, 3.8) is 0 Å². The zero-order valence-corrected chi connectivity index (χ0v) is 16.6. The highest BCUT2D eigenvalue weighted by molar-refractivity contribution is 5.85. The Balaban J connectivity index is 0.00000169. The molecule has 26 heavy (non-hydrogen) atoms. The number of rotatable bonds is 7. The fraction of sp³-hybridized carbons (Fsp3) is 0.333. The van der Waals surface area contributed by atoms with E-state index in [0.29, 0.717) is 12.6 Å². The first-order valence-electron chi connectivity index (χ1n) is 8.69. The maximum absolute atomic E-state index is 5.89. The van der Waals surface area contributed by atoms with Gasteiger partial charge in [0.15, 0.2) is 0 Å². The van der Waals surface area contributed by atoms with Gasteiger partial charge in [0, 0.05) is 32.2 Å². The van der Waals surface area contributed by atoms with E-state index in [0.717, 1.165) is 38.3 Å². The van der Waals surface area contributed by atoms with Crippen molar-refractivity contribution in [3.8, 4) is 5.75 Å². The summed E-state index contributed by atoms with van der Waals surface area (Å²) in [6.45, 7) is 8.84. The molecular formula is C21H28Cl2N2O. The number of ether oxygens (including phenoxy) is 1. The Bertz CT molecular complexity index is 628. The van der Waals surface area contributed by atoms with Gasteiger partial charge in [0.2, 0.25) is 0 Å². The SMILES string of the molecule is C=CC[C@H](c1ccc(OCc2ccccc2)cc1)N1CCNCC1.Cl.Cl. The smallest absolute Gasteiger partial charge is 0.119 e. The molecule has 1 fully saturated rings. The van der Waals surface area contributed by atoms with E-state index < -0.39 is 0 Å². The number of nitrogens with one attached hydrogen (secondary N) is 1. The molecule has 0 aromatic heterocycles. The van der Waals surface area contributed by atoms with Crippen LogP contribution < -0.4 is 10.1 Å². The fourth-order valence-corrected chi connectivity index (χ4v) is 3.17. The number of piperazine rings is 1. The van der Waals surface area contributed by atoms with Crippen molar-refractivity contribution in [1.82, 2.24) is 10.2 Å². The van der Waals surface area contributed by atoms with Crippen LogP contribution in [0.15, 0.2) is 67.3 Å². The molecule has 0 bridgehead atoms. The lowest BCUT2D eigenvalue weighted by molar-refractivity contribution is 0.174. The highest BCUT2D eigenvalue weighted by atomic mass is 35.5. The van der Waals surface area contributed by atoms with Crippen molar-refractivity contribution in [2.75, 3.05) is 26.2 Å². The fourth-order valence-electron chi connectivity index (χ4n) is 3.17. The third-order valence-corrected chi connectivity index (χ3v) is 4.50. The second-order valence-corrected chi connectivity index (χ2v) is 6.17. The summed E-state index contributed by atoms with van der Waals surface area (Å²) in [5.74, 6) is 0.917. The van der Waals surface area contributed by atoms with Crippen molar-refractivity contribution in [2.45, 2.75) is 19.1 Å². The van der Waals surface area contributed by atoms with Crippen molar-refractivity contribution >= 4 is 24.8 Å². The number of hydrogen-bond acceptors (Lipinski definition) is 3. The molecule has 142 valence electrons. The molecule has 1 heterocycles. The highest BCUT2D eigenvalue weighted by Crippen LogP contribution is 2.27. The van der Waals surface area contributed by atoms with Crippen LogP contribution in [0.1, 0.15) is 23.6 Å². The van der Waals surface area contributed by atoms with Gasteiger partial charge in [-0.05, 0) is 29.7 Å². The molecule has 1 aliphatic rings. The van der Waals surface area contributed by atoms with Gasteiger partial charge in [0.1, 0.15) is 12.4 Å². The summed E-state index contributed by atoms with van der Waals surface area (Å²) in [4.78, 5) is 2.54. The predicted molar refractivity (Wildman–Crippen MR) is 114 cm³/mol. The van der Waals surface area contributed by atoms with E-state index in [-0.39, 0.29) is 24.8 Å². The molecule has 1 N–H and O–H groups in total. The normalized spacial score (nSPS) is 15.2. The monoisotopic (exact) mass is 394 g/mol. The van der Waals surface area contributed by atoms with Crippen LogP contribution in [0.5, 0.6) is 5.75 Å². The number of halogens is 2. The summed E-state index contributed by atoms with van der Waals surface area (Å²) in [6.07, 6.45) is 3.00. The van der Waals surface area contributed by atoms with Crippen molar-refractivity contribution in [1.29, 1.82) is 0 Å². The average molecular weight is 395 g/mol. The third kappa shape index (κ3) is 6.33. The van der Waals surface area contributed by atoms with Crippen LogP contribution in [0.3, 0.4) is 0 Å². The minimum absolute atomic E-state index is 0. The van der Waals surface area contributed by atoms with E-state index >= 15 is 0 Å². The average Bonchev–Trinajstić information content (AvgIpc) is 2.66. The largest absolute Gasteiger partial charge is 0.489 e. The number of nitrogens with zero attached hydrogens (tertiary/aromatic N) is 1. The molecule has 2 aromatic carbocycles. The Morgan fingerprint density at radius 1 is 1.00 bits per heavy atom. The van der Waals surface area contributed by atoms with E-state index in [1.54, 1.807) is 0 Å². The molecule has 5 heteroatoms. The summed E-state index contributed by atoms with van der Waals surface area (Å²) in [5.41, 5.74) is 2.52. The van der Waals surface area contributed by atoms with Crippen LogP contribution in [-0.4, -0.2) is 31.1 Å². The molecule has 0 unspecified atom stereocenters. The van der Waals surface area contributed by atoms with Gasteiger partial charge >= 0.3 is 0 Å². The van der Waals surface area contributed by atoms with E-state index in [1.165, 1.54) is 11.1 Å². The minimum Gasteiger partial charge on any atom is -0.489 e. The van der Waals surface area contributed by atoms with Gasteiger partial charge < -0.3 is 10.1 Å². The Labute approximate surface area is 169 Å². The molecular weight excluding hydrogens is 367 g/mol. The lowest BCUT2D eigenvalue weighted by atomic mass is 10.0. The van der Waals surface area contributed by atoms with E-state index in [9.17, 15) is 0 Å². The van der Waals surface area contributed by atoms with Crippen LogP contribution in [-0.2, 0) is 6.61 Å². The standard InChI is InChI=1S/C21H26N2O.2ClH/c1-2-6-21(23-15-13-22-14-16-23)19-9-11-20(12-10-19)24-17-18-7-4-3-5-8-18;;/h2-5,7-12,21-22H,1,6,13-17H2;2*1H/t21-;;/m1../s1. The maximum atomic E-state index is 5.89. The Morgan fingerprint density at radius 2 is 1.65 bits per heavy atom. The third-order valence-electron chi connectivity index (χ3n) is 4.50. The lowest BCUT2D eigenvalue weighted by Gasteiger charge is -2.34. The zero-order valence-electron chi connectivity index (χ0n) is 15.0. The molecule has 1 aliphatic heterocycles. The molecule has 1 atom stereocenters. The Kier molecular flexibility index (Phi) is 10.4. The van der Waals surface area contributed by atoms with Crippen LogP contribution in [0, 0.1) is 0 Å². The molecule has 2 aromatic rings. The van der Waals surface area contributed by atoms with Gasteiger partial charge in [-0.25, -0.2) is 0 Å². The van der Waals surface area contributed by atoms with Crippen LogP contribution in [0.4, 0.5) is 0 Å². The summed E-state index contributed by atoms with van der Waals surface area (Å²) < 4.78 is 5.89. The summed E-state index contributed by atoms with van der Waals surface area (Å²) in [7, 11) is 0. The molecule has 0 saturated carbocycles. The molecule has 0 spiro atoms. The maximum Gasteiger partial charge on any atom is 0.119 e. The van der Waals surface area contributed by atoms with Crippen molar-refractivity contribution in [2.24, 2.45) is 0 Å². The van der Waals surface area contributed by atoms with E-state index in [1.807, 2.05) is 24.3 Å². The molecule has 3 nitrogen and oxygen atoms in total. The quantitative estimate of drug-likeness (QED) is 0.692. The van der Waals surface area contributed by atoms with E-state index in [2.05, 4.69) is 53.2 Å². The molecule has 0 radical (unpaired) electrons. The Hall–Kier alpha value is -1.52. The minimum atomic E-state index is 0. The topological polar surface area (TPSA) is 24.5 Å². The zero-order chi connectivity index (χ0) is 16.6. The highest BCUT2D eigenvalue weighted by Gasteiger charge is 2.20. The first-order chi connectivity index (χ1) is 11.9. The van der Waals surface area contributed by atoms with Gasteiger partial charge in [0.05, 0.1) is 0 Å². The summed E-state index contributed by atoms with van der Waals surface area (Å²) >= 11 is 0.